The summed E-state index contributed by atoms with van der Waals surface area (Å²) < 4.78 is 13.8. The number of hydrogen-bond acceptors (Lipinski definition) is 3. The van der Waals surface area contributed by atoms with Crippen LogP contribution in [0.5, 0.6) is 0 Å². The van der Waals surface area contributed by atoms with E-state index in [1.54, 1.807) is 17.8 Å². The van der Waals surface area contributed by atoms with Gasteiger partial charge in [0.1, 0.15) is 5.82 Å². The van der Waals surface area contributed by atoms with Crippen molar-refractivity contribution in [1.29, 1.82) is 0 Å². The van der Waals surface area contributed by atoms with E-state index in [9.17, 15) is 14.3 Å². The molecule has 1 heterocycles. The highest BCUT2D eigenvalue weighted by Gasteiger charge is 2.25. The molecule has 4 nitrogen and oxygen atoms in total. The minimum Gasteiger partial charge on any atom is -0.481 e. The molecule has 3 aromatic carbocycles. The number of aromatic amines is 1. The van der Waals surface area contributed by atoms with Gasteiger partial charge in [-0.15, -0.1) is 0 Å². The van der Waals surface area contributed by atoms with Crippen LogP contribution in [0, 0.1) is 5.82 Å². The Labute approximate surface area is 188 Å². The second-order valence-corrected chi connectivity index (χ2v) is 8.71. The van der Waals surface area contributed by atoms with Crippen LogP contribution < -0.4 is 0 Å². The molecule has 158 valence electrons. The molecule has 0 unspecified atom stereocenters. The van der Waals surface area contributed by atoms with Gasteiger partial charge in [-0.2, -0.15) is 0 Å². The number of carboxylic acids is 1. The normalized spacial score (nSPS) is 14.4. The van der Waals surface area contributed by atoms with Gasteiger partial charge in [-0.1, -0.05) is 42.1 Å². The molecule has 2 N–H and O–H groups in total. The highest BCUT2D eigenvalue weighted by molar-refractivity contribution is 7.99. The molecule has 32 heavy (non-hydrogen) atoms. The predicted molar refractivity (Wildman–Crippen MR) is 126 cm³/mol. The van der Waals surface area contributed by atoms with Crippen LogP contribution in [0.25, 0.3) is 28.3 Å². The third-order valence-electron chi connectivity index (χ3n) is 5.55. The lowest BCUT2D eigenvalue weighted by Crippen LogP contribution is -1.97. The lowest BCUT2D eigenvalue weighted by atomic mass is 10.0. The Balaban J connectivity index is 1.44. The van der Waals surface area contributed by atoms with E-state index in [0.717, 1.165) is 43.4 Å². The number of benzene rings is 3. The fourth-order valence-electron chi connectivity index (χ4n) is 4.02. The van der Waals surface area contributed by atoms with E-state index in [0.29, 0.717) is 11.1 Å². The summed E-state index contributed by atoms with van der Waals surface area (Å²) in [4.78, 5) is 20.3. The van der Waals surface area contributed by atoms with E-state index < -0.39 is 5.97 Å². The van der Waals surface area contributed by atoms with E-state index in [2.05, 4.69) is 9.97 Å². The Bertz CT molecular complexity index is 1380. The minimum atomic E-state index is -0.928. The number of aliphatic carboxylic acids is 1. The summed E-state index contributed by atoms with van der Waals surface area (Å²) in [6.45, 7) is 1.90. The zero-order valence-corrected chi connectivity index (χ0v) is 18.0. The van der Waals surface area contributed by atoms with Crippen molar-refractivity contribution < 1.29 is 14.3 Å². The molecule has 1 aliphatic rings. The van der Waals surface area contributed by atoms with Crippen molar-refractivity contribution in [2.24, 2.45) is 0 Å². The summed E-state index contributed by atoms with van der Waals surface area (Å²) in [7, 11) is 0. The van der Waals surface area contributed by atoms with Gasteiger partial charge in [-0.05, 0) is 82.8 Å². The van der Waals surface area contributed by atoms with E-state index >= 15 is 0 Å². The molecule has 0 spiro atoms. The van der Waals surface area contributed by atoms with Crippen LogP contribution in [-0.2, 0) is 4.79 Å². The van der Waals surface area contributed by atoms with E-state index in [4.69, 9.17) is 0 Å². The number of hydrogen-bond donors (Lipinski definition) is 2. The number of H-pyrrole nitrogens is 1. The van der Waals surface area contributed by atoms with Crippen LogP contribution in [0.4, 0.5) is 4.39 Å². The summed E-state index contributed by atoms with van der Waals surface area (Å²) in [6.07, 6.45) is 1.89. The second kappa shape index (κ2) is 8.13. The summed E-state index contributed by atoms with van der Waals surface area (Å²) >= 11 is 1.56. The van der Waals surface area contributed by atoms with Crippen molar-refractivity contribution in [2.45, 2.75) is 23.4 Å². The predicted octanol–water partition coefficient (Wildman–Crippen LogP) is 6.66. The number of aromatic nitrogens is 2. The fraction of sp³-hybridized carbons (Fsp3) is 0.0769. The van der Waals surface area contributed by atoms with Crippen molar-refractivity contribution in [3.63, 3.8) is 0 Å². The maximum atomic E-state index is 13.8. The first-order valence-electron chi connectivity index (χ1n) is 10.1. The largest absolute Gasteiger partial charge is 0.481 e. The zero-order chi connectivity index (χ0) is 22.2. The average molecular weight is 443 g/mol. The lowest BCUT2D eigenvalue weighted by Gasteiger charge is -2.05. The summed E-state index contributed by atoms with van der Waals surface area (Å²) in [5, 5.41) is 10.1. The number of nitrogens with one attached hydrogen (secondary N) is 1. The van der Waals surface area contributed by atoms with Crippen LogP contribution >= 0.6 is 11.8 Å². The number of carbonyl (C=O) groups is 1. The Kier molecular flexibility index (Phi) is 5.15. The van der Waals surface area contributed by atoms with Crippen molar-refractivity contribution in [3.8, 4) is 0 Å². The molecule has 4 aromatic rings. The molecule has 1 aromatic heterocycles. The zero-order valence-electron chi connectivity index (χ0n) is 17.2. The van der Waals surface area contributed by atoms with Crippen LogP contribution in [-0.4, -0.2) is 21.0 Å². The number of rotatable bonds is 5. The monoisotopic (exact) mass is 442 g/mol. The molecule has 5 rings (SSSR count). The van der Waals surface area contributed by atoms with Crippen molar-refractivity contribution >= 4 is 46.0 Å². The maximum Gasteiger partial charge on any atom is 0.307 e. The number of halogens is 1. The molecule has 0 amide bonds. The molecule has 6 heteroatoms. The molecule has 0 bridgehead atoms. The molecular weight excluding hydrogens is 423 g/mol. The van der Waals surface area contributed by atoms with E-state index in [1.807, 2.05) is 61.5 Å². The van der Waals surface area contributed by atoms with Gasteiger partial charge in [-0.3, -0.25) is 4.79 Å². The first kappa shape index (κ1) is 20.3. The Hall–Kier alpha value is -3.64. The van der Waals surface area contributed by atoms with Crippen LogP contribution in [0.2, 0.25) is 0 Å². The highest BCUT2D eigenvalue weighted by atomic mass is 32.2. The number of para-hydroxylation sites is 2. The topological polar surface area (TPSA) is 66.0 Å². The van der Waals surface area contributed by atoms with Gasteiger partial charge < -0.3 is 10.1 Å². The molecule has 0 fully saturated rings. The van der Waals surface area contributed by atoms with Gasteiger partial charge in [0.2, 0.25) is 0 Å². The van der Waals surface area contributed by atoms with E-state index in [-0.39, 0.29) is 12.2 Å². The maximum absolute atomic E-state index is 13.8. The van der Waals surface area contributed by atoms with Crippen LogP contribution in [0.15, 0.2) is 82.4 Å². The minimum absolute atomic E-state index is 0.132. The van der Waals surface area contributed by atoms with Gasteiger partial charge >= 0.3 is 5.97 Å². The molecule has 0 saturated heterocycles. The Morgan fingerprint density at radius 1 is 1.09 bits per heavy atom. The number of nitrogens with zero attached hydrogens (tertiary/aromatic N) is 1. The second-order valence-electron chi connectivity index (χ2n) is 7.65. The molecule has 0 radical (unpaired) electrons. The van der Waals surface area contributed by atoms with Gasteiger partial charge in [0.25, 0.3) is 0 Å². The third-order valence-corrected chi connectivity index (χ3v) is 6.45. The number of allylic oxidation sites excluding steroid dienone is 2. The van der Waals surface area contributed by atoms with Gasteiger partial charge in [0.15, 0.2) is 5.16 Å². The Morgan fingerprint density at radius 3 is 2.62 bits per heavy atom. The van der Waals surface area contributed by atoms with Gasteiger partial charge in [0, 0.05) is 4.90 Å². The highest BCUT2D eigenvalue weighted by Crippen LogP contribution is 2.44. The van der Waals surface area contributed by atoms with Crippen molar-refractivity contribution in [2.75, 3.05) is 0 Å². The summed E-state index contributed by atoms with van der Waals surface area (Å²) in [5.41, 5.74) is 6.91. The van der Waals surface area contributed by atoms with E-state index in [1.165, 1.54) is 12.1 Å². The van der Waals surface area contributed by atoms with Crippen LogP contribution in [0.1, 0.15) is 30.0 Å². The SMILES string of the molecule is CC1=C(CC(=O)O)c2cc(F)ccc2/C1=C\c1ccc(Sc2nc3ccccc3[nH]2)cc1. The van der Waals surface area contributed by atoms with Gasteiger partial charge in [-0.25, -0.2) is 9.37 Å². The summed E-state index contributed by atoms with van der Waals surface area (Å²) in [6, 6.07) is 20.6. The molecule has 0 aliphatic heterocycles. The van der Waals surface area contributed by atoms with Crippen LogP contribution in [0.3, 0.4) is 0 Å². The van der Waals surface area contributed by atoms with Gasteiger partial charge in [0.05, 0.1) is 17.5 Å². The quantitative estimate of drug-likeness (QED) is 0.363. The molecule has 0 atom stereocenters. The molecule has 1 aliphatic carbocycles. The first-order chi connectivity index (χ1) is 15.5. The number of carboxylic acid groups (broad SMARTS) is 1. The number of imidazole rings is 1. The average Bonchev–Trinajstić information content (AvgIpc) is 3.28. The van der Waals surface area contributed by atoms with Crippen molar-refractivity contribution in [3.05, 3.63) is 94.8 Å². The molecule has 0 saturated carbocycles. The first-order valence-corrected chi connectivity index (χ1v) is 11.0. The smallest absolute Gasteiger partial charge is 0.307 e. The molecular formula is C26H19FN2O2S. The van der Waals surface area contributed by atoms with Crippen molar-refractivity contribution in [1.82, 2.24) is 9.97 Å². The lowest BCUT2D eigenvalue weighted by molar-refractivity contribution is -0.135. The fourth-order valence-corrected chi connectivity index (χ4v) is 4.82. The standard InChI is InChI=1S/C26H19FN2O2S/c1-15-20(19-11-8-17(27)13-22(19)21(15)14-25(30)31)12-16-6-9-18(10-7-16)32-26-28-23-4-2-3-5-24(23)29-26/h2-13H,14H2,1H3,(H,28,29)(H,30,31)/b20-12-. The summed E-state index contributed by atoms with van der Waals surface area (Å²) in [5.74, 6) is -1.30. The Morgan fingerprint density at radius 2 is 1.88 bits per heavy atom. The third kappa shape index (κ3) is 3.85. The number of fused-ring (bicyclic) bond motifs is 2.